The molecule has 2 N–H and O–H groups in total. The molecule has 1 aliphatic carbocycles. The second-order valence-electron chi connectivity index (χ2n) is 6.85. The molecule has 1 aliphatic heterocycles. The summed E-state index contributed by atoms with van der Waals surface area (Å²) in [7, 11) is 1.64. The minimum atomic E-state index is -0.883. The predicted molar refractivity (Wildman–Crippen MR) is 82.8 cm³/mol. The van der Waals surface area contributed by atoms with Gasteiger partial charge >= 0.3 is 12.0 Å². The molecule has 0 aromatic rings. The van der Waals surface area contributed by atoms with Gasteiger partial charge in [-0.15, -0.1) is 0 Å². The van der Waals surface area contributed by atoms with E-state index in [1.165, 1.54) is 24.2 Å². The van der Waals surface area contributed by atoms with Gasteiger partial charge in [-0.3, -0.25) is 4.79 Å². The fourth-order valence-electron chi connectivity index (χ4n) is 3.55. The summed E-state index contributed by atoms with van der Waals surface area (Å²) in [6.45, 7) is 2.52. The van der Waals surface area contributed by atoms with E-state index in [0.29, 0.717) is 6.61 Å². The number of nitrogens with zero attached hydrogens (tertiary/aromatic N) is 1. The summed E-state index contributed by atoms with van der Waals surface area (Å²) in [4.78, 5) is 24.6. The molecule has 6 nitrogen and oxygen atoms in total. The van der Waals surface area contributed by atoms with Crippen LogP contribution in [0.4, 0.5) is 4.79 Å². The molecule has 2 aliphatic rings. The highest BCUT2D eigenvalue weighted by atomic mass is 16.5. The summed E-state index contributed by atoms with van der Waals surface area (Å²) in [6, 6.07) is -0.0621. The zero-order valence-corrected chi connectivity index (χ0v) is 13.6. The number of ether oxygens (including phenoxy) is 1. The molecule has 2 atom stereocenters. The lowest BCUT2D eigenvalue weighted by Gasteiger charge is -2.43. The minimum absolute atomic E-state index is 0.0403. The van der Waals surface area contributed by atoms with E-state index >= 15 is 0 Å². The van der Waals surface area contributed by atoms with Crippen LogP contribution in [-0.2, 0) is 9.53 Å². The molecular weight excluding hydrogens is 284 g/mol. The molecule has 2 unspecified atom stereocenters. The Morgan fingerprint density at radius 1 is 1.36 bits per heavy atom. The standard InChI is InChI=1S/C16H28N2O4/c1-12(14(19)20)11-18(2)15(21)17-13-6-9-22-16(10-13)7-4-3-5-8-16/h12-13H,3-11H2,1-2H3,(H,17,21)(H,19,20). The van der Waals surface area contributed by atoms with E-state index in [9.17, 15) is 9.59 Å². The molecule has 0 aromatic heterocycles. The number of urea groups is 1. The average molecular weight is 312 g/mol. The molecule has 0 bridgehead atoms. The molecule has 1 saturated heterocycles. The number of carboxylic acids is 1. The van der Waals surface area contributed by atoms with E-state index in [0.717, 1.165) is 25.7 Å². The molecule has 0 radical (unpaired) electrons. The van der Waals surface area contributed by atoms with Crippen molar-refractivity contribution in [2.75, 3.05) is 20.2 Å². The van der Waals surface area contributed by atoms with E-state index < -0.39 is 11.9 Å². The van der Waals surface area contributed by atoms with Crippen LogP contribution in [0, 0.1) is 5.92 Å². The lowest BCUT2D eigenvalue weighted by molar-refractivity contribution is -0.141. The van der Waals surface area contributed by atoms with Gasteiger partial charge in [-0.1, -0.05) is 26.2 Å². The Balaban J connectivity index is 1.84. The number of hydrogen-bond donors (Lipinski definition) is 2. The van der Waals surface area contributed by atoms with Crippen molar-refractivity contribution in [3.63, 3.8) is 0 Å². The van der Waals surface area contributed by atoms with Crippen molar-refractivity contribution in [1.29, 1.82) is 0 Å². The van der Waals surface area contributed by atoms with E-state index in [4.69, 9.17) is 9.84 Å². The zero-order valence-electron chi connectivity index (χ0n) is 13.6. The number of carboxylic acid groups (broad SMARTS) is 1. The van der Waals surface area contributed by atoms with Crippen LogP contribution in [0.1, 0.15) is 51.9 Å². The number of carbonyl (C=O) groups is 2. The van der Waals surface area contributed by atoms with Crippen molar-refractivity contribution in [3.05, 3.63) is 0 Å². The van der Waals surface area contributed by atoms with E-state index in [2.05, 4.69) is 5.32 Å². The van der Waals surface area contributed by atoms with Crippen LogP contribution in [0.5, 0.6) is 0 Å². The summed E-state index contributed by atoms with van der Waals surface area (Å²) in [5.74, 6) is -1.44. The summed E-state index contributed by atoms with van der Waals surface area (Å²) in [6.07, 6.45) is 7.57. The number of carbonyl (C=O) groups excluding carboxylic acids is 1. The highest BCUT2D eigenvalue weighted by Crippen LogP contribution is 2.38. The minimum Gasteiger partial charge on any atom is -0.481 e. The lowest BCUT2D eigenvalue weighted by atomic mass is 9.78. The third kappa shape index (κ3) is 4.35. The number of amides is 2. The zero-order chi connectivity index (χ0) is 16.2. The van der Waals surface area contributed by atoms with Crippen molar-refractivity contribution < 1.29 is 19.4 Å². The first-order chi connectivity index (χ1) is 10.4. The molecule has 2 amide bonds. The van der Waals surface area contributed by atoms with Crippen LogP contribution in [0.3, 0.4) is 0 Å². The highest BCUT2D eigenvalue weighted by Gasteiger charge is 2.39. The van der Waals surface area contributed by atoms with Gasteiger partial charge in [0.25, 0.3) is 0 Å². The molecule has 1 spiro atoms. The fraction of sp³-hybridized carbons (Fsp3) is 0.875. The maximum Gasteiger partial charge on any atom is 0.317 e. The molecular formula is C16H28N2O4. The smallest absolute Gasteiger partial charge is 0.317 e. The van der Waals surface area contributed by atoms with Crippen molar-refractivity contribution in [3.8, 4) is 0 Å². The molecule has 22 heavy (non-hydrogen) atoms. The van der Waals surface area contributed by atoms with Gasteiger partial charge in [0.2, 0.25) is 0 Å². The third-order valence-corrected chi connectivity index (χ3v) is 4.90. The Labute approximate surface area is 132 Å². The first-order valence-electron chi connectivity index (χ1n) is 8.30. The van der Waals surface area contributed by atoms with E-state index in [-0.39, 0.29) is 24.2 Å². The first kappa shape index (κ1) is 17.1. The Morgan fingerprint density at radius 3 is 2.68 bits per heavy atom. The molecule has 1 saturated carbocycles. The van der Waals surface area contributed by atoms with Gasteiger partial charge in [0, 0.05) is 26.2 Å². The average Bonchev–Trinajstić information content (AvgIpc) is 2.47. The van der Waals surface area contributed by atoms with Crippen LogP contribution < -0.4 is 5.32 Å². The van der Waals surface area contributed by atoms with Crippen LogP contribution in [0.2, 0.25) is 0 Å². The van der Waals surface area contributed by atoms with Gasteiger partial charge in [0.15, 0.2) is 0 Å². The number of hydrogen-bond acceptors (Lipinski definition) is 3. The second kappa shape index (κ2) is 7.31. The van der Waals surface area contributed by atoms with Crippen LogP contribution in [0.15, 0.2) is 0 Å². The normalized spacial score (nSPS) is 25.5. The van der Waals surface area contributed by atoms with Gasteiger partial charge in [0.05, 0.1) is 11.5 Å². The quantitative estimate of drug-likeness (QED) is 0.834. The van der Waals surface area contributed by atoms with E-state index in [1.807, 2.05) is 0 Å². The summed E-state index contributed by atoms with van der Waals surface area (Å²) in [5, 5.41) is 12.0. The first-order valence-corrected chi connectivity index (χ1v) is 8.30. The Hall–Kier alpha value is -1.30. The summed E-state index contributed by atoms with van der Waals surface area (Å²) in [5.41, 5.74) is -0.0403. The molecule has 2 rings (SSSR count). The van der Waals surface area contributed by atoms with Crippen molar-refractivity contribution >= 4 is 12.0 Å². The van der Waals surface area contributed by atoms with Gasteiger partial charge in [-0.2, -0.15) is 0 Å². The lowest BCUT2D eigenvalue weighted by Crippen LogP contribution is -2.52. The van der Waals surface area contributed by atoms with Gasteiger partial charge in [-0.05, 0) is 25.7 Å². The van der Waals surface area contributed by atoms with Gasteiger partial charge in [0.1, 0.15) is 0 Å². The van der Waals surface area contributed by atoms with Crippen LogP contribution >= 0.6 is 0 Å². The monoisotopic (exact) mass is 312 g/mol. The molecule has 126 valence electrons. The Morgan fingerprint density at radius 2 is 2.05 bits per heavy atom. The van der Waals surface area contributed by atoms with Crippen molar-refractivity contribution in [2.24, 2.45) is 5.92 Å². The topological polar surface area (TPSA) is 78.9 Å². The number of nitrogens with one attached hydrogen (secondary N) is 1. The van der Waals surface area contributed by atoms with E-state index in [1.54, 1.807) is 14.0 Å². The predicted octanol–water partition coefficient (Wildman–Crippen LogP) is 2.23. The number of rotatable bonds is 4. The highest BCUT2D eigenvalue weighted by molar-refractivity contribution is 5.76. The fourth-order valence-corrected chi connectivity index (χ4v) is 3.55. The maximum absolute atomic E-state index is 12.2. The van der Waals surface area contributed by atoms with Crippen molar-refractivity contribution in [2.45, 2.75) is 63.5 Å². The Bertz CT molecular complexity index is 401. The summed E-state index contributed by atoms with van der Waals surface area (Å²) >= 11 is 0. The second-order valence-corrected chi connectivity index (χ2v) is 6.85. The van der Waals surface area contributed by atoms with Crippen LogP contribution in [0.25, 0.3) is 0 Å². The largest absolute Gasteiger partial charge is 0.481 e. The van der Waals surface area contributed by atoms with Crippen molar-refractivity contribution in [1.82, 2.24) is 10.2 Å². The number of aliphatic carboxylic acids is 1. The molecule has 1 heterocycles. The molecule has 2 fully saturated rings. The van der Waals surface area contributed by atoms with Gasteiger partial charge in [-0.25, -0.2) is 4.79 Å². The molecule has 6 heteroatoms. The molecule has 0 aromatic carbocycles. The maximum atomic E-state index is 12.2. The Kier molecular flexibility index (Phi) is 5.67. The third-order valence-electron chi connectivity index (χ3n) is 4.90. The summed E-state index contributed by atoms with van der Waals surface area (Å²) < 4.78 is 6.03. The van der Waals surface area contributed by atoms with Crippen LogP contribution in [-0.4, -0.2) is 53.8 Å². The van der Waals surface area contributed by atoms with Gasteiger partial charge < -0.3 is 20.1 Å². The SMILES string of the molecule is CC(CN(C)C(=O)NC1CCOC2(CCCCC2)C1)C(=O)O.